The fraction of sp³-hybridized carbons (Fsp3) is 0.320. The second-order valence-corrected chi connectivity index (χ2v) is 12.6. The van der Waals surface area contributed by atoms with E-state index in [0.717, 1.165) is 22.7 Å². The number of nitrogens with one attached hydrogen (secondary N) is 1. The largest absolute Gasteiger partial charge is 0.462 e. The molecule has 0 fully saturated rings. The highest BCUT2D eigenvalue weighted by atomic mass is 32.2. The van der Waals surface area contributed by atoms with Gasteiger partial charge in [-0.25, -0.2) is 18.0 Å². The zero-order valence-electron chi connectivity index (χ0n) is 22.7. The van der Waals surface area contributed by atoms with Gasteiger partial charge in [0.25, 0.3) is 11.6 Å². The first-order chi connectivity index (χ1) is 19.8. The second-order valence-electron chi connectivity index (χ2n) is 8.48. The normalized spacial score (nSPS) is 11.7. The number of non-ortho nitro benzene ring substituents is 1. The van der Waals surface area contributed by atoms with Crippen LogP contribution in [0.25, 0.3) is 10.2 Å². The topological polar surface area (TPSA) is 193 Å². The highest BCUT2D eigenvalue weighted by Crippen LogP contribution is 2.34. The molecule has 17 heteroatoms. The van der Waals surface area contributed by atoms with Gasteiger partial charge in [-0.05, 0) is 32.4 Å². The van der Waals surface area contributed by atoms with Gasteiger partial charge in [0.1, 0.15) is 21.4 Å². The highest BCUT2D eigenvalue weighted by molar-refractivity contribution is 7.92. The summed E-state index contributed by atoms with van der Waals surface area (Å²) in [4.78, 5) is 64.7. The van der Waals surface area contributed by atoms with E-state index in [9.17, 15) is 37.7 Å². The van der Waals surface area contributed by atoms with Crippen molar-refractivity contribution in [1.82, 2.24) is 4.57 Å². The average Bonchev–Trinajstić information content (AvgIpc) is 3.39. The predicted octanol–water partition coefficient (Wildman–Crippen LogP) is 3.00. The van der Waals surface area contributed by atoms with E-state index in [-0.39, 0.29) is 51.3 Å². The number of rotatable bonds is 12. The summed E-state index contributed by atoms with van der Waals surface area (Å²) in [5.41, 5.74) is 0.455. The Bertz CT molecular complexity index is 1770. The summed E-state index contributed by atoms with van der Waals surface area (Å²) in [6.45, 7) is 8.55. The number of sulfone groups is 1. The third kappa shape index (κ3) is 7.54. The first-order valence-electron chi connectivity index (χ1n) is 12.3. The van der Waals surface area contributed by atoms with Crippen LogP contribution in [-0.2, 0) is 35.4 Å². The average molecular weight is 639 g/mol. The summed E-state index contributed by atoms with van der Waals surface area (Å²) in [5, 5.41) is 13.3. The molecule has 2 amide bonds. The Labute approximate surface area is 247 Å². The summed E-state index contributed by atoms with van der Waals surface area (Å²) in [5.74, 6) is -5.89. The number of esters is 2. The summed E-state index contributed by atoms with van der Waals surface area (Å²) in [6, 6.07) is 4.10. The predicted molar refractivity (Wildman–Crippen MR) is 155 cm³/mol. The van der Waals surface area contributed by atoms with Gasteiger partial charge in [-0.2, -0.15) is 4.99 Å². The maximum absolute atomic E-state index is 12.7. The van der Waals surface area contributed by atoms with Crippen LogP contribution in [0.15, 0.2) is 35.8 Å². The molecule has 1 aromatic carbocycles. The molecule has 14 nitrogen and oxygen atoms in total. The number of carbonyl (C=O) groups excluding carboxylic acids is 4. The number of allylic oxidation sites excluding steroid dienone is 1. The minimum atomic E-state index is -4.34. The van der Waals surface area contributed by atoms with Crippen LogP contribution in [0, 0.1) is 17.0 Å². The van der Waals surface area contributed by atoms with Crippen LogP contribution in [0.5, 0.6) is 0 Å². The SMILES string of the molecule is C=CCn1c(=NC(=O)CS(=O)(=O)CC(=O)Nc2sc(C(=O)OCC)c(C)c2C(=O)OCC)sc2cc([N+](=O)[O-])ccc21. The second kappa shape index (κ2) is 13.6. The summed E-state index contributed by atoms with van der Waals surface area (Å²) >= 11 is 1.68. The Morgan fingerprint density at radius 1 is 1.12 bits per heavy atom. The number of ether oxygens (including phenoxy) is 2. The zero-order valence-corrected chi connectivity index (χ0v) is 25.2. The number of carbonyl (C=O) groups is 4. The van der Waals surface area contributed by atoms with Gasteiger partial charge in [-0.15, -0.1) is 17.9 Å². The van der Waals surface area contributed by atoms with Gasteiger partial charge < -0.3 is 19.4 Å². The maximum Gasteiger partial charge on any atom is 0.348 e. The number of hydrogen-bond donors (Lipinski definition) is 1. The number of amides is 2. The molecule has 0 unspecified atom stereocenters. The monoisotopic (exact) mass is 638 g/mol. The van der Waals surface area contributed by atoms with Crippen molar-refractivity contribution in [3.63, 3.8) is 0 Å². The number of nitro groups is 1. The molecule has 0 atom stereocenters. The molecule has 3 aromatic rings. The molecule has 0 aliphatic carbocycles. The Balaban J connectivity index is 1.84. The summed E-state index contributed by atoms with van der Waals surface area (Å²) < 4.78 is 37.4. The fourth-order valence-electron chi connectivity index (χ4n) is 3.75. The molecule has 2 aromatic heterocycles. The van der Waals surface area contributed by atoms with E-state index in [1.54, 1.807) is 18.4 Å². The molecule has 224 valence electrons. The Morgan fingerprint density at radius 2 is 1.79 bits per heavy atom. The van der Waals surface area contributed by atoms with Crippen LogP contribution in [0.4, 0.5) is 10.7 Å². The number of aromatic nitrogens is 1. The van der Waals surface area contributed by atoms with Gasteiger partial charge in [0.15, 0.2) is 14.6 Å². The lowest BCUT2D eigenvalue weighted by Crippen LogP contribution is -2.28. The van der Waals surface area contributed by atoms with Gasteiger partial charge in [0.05, 0.1) is 33.9 Å². The number of benzene rings is 1. The van der Waals surface area contributed by atoms with E-state index in [2.05, 4.69) is 16.9 Å². The van der Waals surface area contributed by atoms with E-state index in [1.165, 1.54) is 31.2 Å². The third-order valence-electron chi connectivity index (χ3n) is 5.44. The molecule has 1 N–H and O–H groups in total. The molecule has 0 radical (unpaired) electrons. The van der Waals surface area contributed by atoms with Crippen molar-refractivity contribution < 1.29 is 42.0 Å². The first kappa shape index (κ1) is 32.3. The van der Waals surface area contributed by atoms with Crippen molar-refractivity contribution in [2.24, 2.45) is 4.99 Å². The smallest absolute Gasteiger partial charge is 0.348 e. The van der Waals surface area contributed by atoms with Crippen molar-refractivity contribution in [2.75, 3.05) is 30.0 Å². The quantitative estimate of drug-likeness (QED) is 0.133. The first-order valence-corrected chi connectivity index (χ1v) is 15.7. The molecular weight excluding hydrogens is 612 g/mol. The summed E-state index contributed by atoms with van der Waals surface area (Å²) in [7, 11) is -4.34. The van der Waals surface area contributed by atoms with Crippen LogP contribution >= 0.6 is 22.7 Å². The minimum Gasteiger partial charge on any atom is -0.462 e. The van der Waals surface area contributed by atoms with Crippen molar-refractivity contribution in [3.8, 4) is 0 Å². The Morgan fingerprint density at radius 3 is 2.40 bits per heavy atom. The standard InChI is InChI=1S/C25H26N4O10S3/c1-5-10-28-16-9-8-15(29(34)35)11-17(16)40-25(28)27-19(31)13-42(36,37)12-18(30)26-22-20(23(32)38-6-2)14(4)21(41-22)24(33)39-7-3/h5,8-9,11H,1,6-7,10,12-13H2,2-4H3,(H,26,30). The van der Waals surface area contributed by atoms with Gasteiger partial charge >= 0.3 is 11.9 Å². The highest BCUT2D eigenvalue weighted by Gasteiger charge is 2.29. The van der Waals surface area contributed by atoms with Crippen LogP contribution in [0.3, 0.4) is 0 Å². The van der Waals surface area contributed by atoms with E-state index in [1.807, 2.05) is 0 Å². The molecule has 3 rings (SSSR count). The molecule has 0 spiro atoms. The minimum absolute atomic E-state index is 0.0136. The molecule has 0 saturated heterocycles. The fourth-order valence-corrected chi connectivity index (χ4v) is 6.96. The van der Waals surface area contributed by atoms with Crippen molar-refractivity contribution >= 4 is 77.2 Å². The number of hydrogen-bond acceptors (Lipinski definition) is 12. The van der Waals surface area contributed by atoms with Crippen molar-refractivity contribution in [3.05, 3.63) is 61.8 Å². The maximum atomic E-state index is 12.7. The van der Waals surface area contributed by atoms with Gasteiger partial charge in [0, 0.05) is 18.7 Å². The molecule has 0 aliphatic heterocycles. The lowest BCUT2D eigenvalue weighted by molar-refractivity contribution is -0.384. The van der Waals surface area contributed by atoms with Crippen LogP contribution in [-0.4, -0.2) is 66.4 Å². The van der Waals surface area contributed by atoms with E-state index in [0.29, 0.717) is 10.2 Å². The van der Waals surface area contributed by atoms with Crippen LogP contribution < -0.4 is 10.1 Å². The summed E-state index contributed by atoms with van der Waals surface area (Å²) in [6.07, 6.45) is 1.52. The van der Waals surface area contributed by atoms with E-state index < -0.39 is 50.0 Å². The van der Waals surface area contributed by atoms with E-state index >= 15 is 0 Å². The Hall–Kier alpha value is -4.22. The number of thiazole rings is 1. The van der Waals surface area contributed by atoms with Gasteiger partial charge in [0.2, 0.25) is 5.91 Å². The Kier molecular flexibility index (Phi) is 10.5. The van der Waals surface area contributed by atoms with Crippen LogP contribution in [0.2, 0.25) is 0 Å². The number of fused-ring (bicyclic) bond motifs is 1. The van der Waals surface area contributed by atoms with Gasteiger partial charge in [-0.3, -0.25) is 19.7 Å². The van der Waals surface area contributed by atoms with Crippen LogP contribution in [0.1, 0.15) is 39.4 Å². The lowest BCUT2D eigenvalue weighted by Gasteiger charge is -2.07. The molecule has 0 aliphatic rings. The molecule has 2 heterocycles. The van der Waals surface area contributed by atoms with Crippen molar-refractivity contribution in [2.45, 2.75) is 27.3 Å². The number of thiophene rings is 1. The van der Waals surface area contributed by atoms with E-state index in [4.69, 9.17) is 9.47 Å². The molecule has 0 bridgehead atoms. The lowest BCUT2D eigenvalue weighted by atomic mass is 10.1. The number of nitro benzene ring substituents is 1. The third-order valence-corrected chi connectivity index (χ3v) is 9.06. The molecule has 0 saturated carbocycles. The van der Waals surface area contributed by atoms with Gasteiger partial charge in [-0.1, -0.05) is 17.4 Å². The molecular formula is C25H26N4O10S3. The molecule has 42 heavy (non-hydrogen) atoms. The zero-order chi connectivity index (χ0) is 31.2. The number of anilines is 1. The number of nitrogens with zero attached hydrogens (tertiary/aromatic N) is 3. The van der Waals surface area contributed by atoms with Crippen molar-refractivity contribution in [1.29, 1.82) is 0 Å².